The minimum absolute atomic E-state index is 0.912. The predicted octanol–water partition coefficient (Wildman–Crippen LogP) is 11.5. The number of para-hydroxylation sites is 2. The highest BCUT2D eigenvalue weighted by Gasteiger charge is 2.18. The summed E-state index contributed by atoms with van der Waals surface area (Å²) >= 11 is 0. The molecule has 7 aromatic carbocycles. The smallest absolute Gasteiger partial charge is 0.135 e. The van der Waals surface area contributed by atoms with E-state index < -0.39 is 0 Å². The summed E-state index contributed by atoms with van der Waals surface area (Å²) in [6, 6.07) is 58.0. The van der Waals surface area contributed by atoms with Crippen molar-refractivity contribution >= 4 is 49.8 Å². The van der Waals surface area contributed by atoms with E-state index in [1.54, 1.807) is 0 Å². The minimum atomic E-state index is 0.912. The molecule has 0 N–H and O–H groups in total. The van der Waals surface area contributed by atoms with Crippen LogP contribution in [0, 0.1) is 0 Å². The molecule has 0 aliphatic carbocycles. The second-order valence-electron chi connectivity index (χ2n) is 10.6. The van der Waals surface area contributed by atoms with E-state index in [2.05, 4.69) is 157 Å². The third-order valence-electron chi connectivity index (χ3n) is 8.08. The molecule has 198 valence electrons. The second kappa shape index (κ2) is 10.1. The van der Waals surface area contributed by atoms with Crippen LogP contribution in [0.3, 0.4) is 0 Å². The number of furan rings is 1. The zero-order valence-corrected chi connectivity index (χ0v) is 22.9. The van der Waals surface area contributed by atoms with Crippen LogP contribution in [0.25, 0.3) is 55.0 Å². The van der Waals surface area contributed by atoms with Gasteiger partial charge >= 0.3 is 0 Å². The van der Waals surface area contributed by atoms with Gasteiger partial charge in [-0.3, -0.25) is 0 Å². The van der Waals surface area contributed by atoms with E-state index in [0.29, 0.717) is 0 Å². The maximum Gasteiger partial charge on any atom is 0.135 e. The standard InChI is InChI=1S/C40H27NO/c1-3-11-28(12-4-1)29-19-22-32(23-20-29)41(31-13-5-2-6-14-31)38-25-24-33(34-15-7-8-16-35(34)38)30-21-26-40-37(27-30)36-17-9-10-18-39(36)42-40/h1-27H. The van der Waals surface area contributed by atoms with E-state index in [1.807, 2.05) is 12.1 Å². The summed E-state index contributed by atoms with van der Waals surface area (Å²) in [5, 5.41) is 4.69. The fourth-order valence-electron chi connectivity index (χ4n) is 6.06. The summed E-state index contributed by atoms with van der Waals surface area (Å²) in [6.45, 7) is 0. The Bertz CT molecular complexity index is 2180. The number of hydrogen-bond donors (Lipinski definition) is 0. The van der Waals surface area contributed by atoms with E-state index in [0.717, 1.165) is 39.0 Å². The molecule has 2 nitrogen and oxygen atoms in total. The molecule has 1 heterocycles. The van der Waals surface area contributed by atoms with Crippen LogP contribution < -0.4 is 4.90 Å². The Balaban J connectivity index is 1.29. The minimum Gasteiger partial charge on any atom is -0.456 e. The molecular weight excluding hydrogens is 510 g/mol. The number of rotatable bonds is 5. The van der Waals surface area contributed by atoms with E-state index >= 15 is 0 Å². The summed E-state index contributed by atoms with van der Waals surface area (Å²) in [6.07, 6.45) is 0. The van der Waals surface area contributed by atoms with Crippen molar-refractivity contribution in [2.75, 3.05) is 4.90 Å². The number of anilines is 3. The van der Waals surface area contributed by atoms with Gasteiger partial charge < -0.3 is 9.32 Å². The average Bonchev–Trinajstić information content (AvgIpc) is 3.44. The first kappa shape index (κ1) is 24.2. The zero-order chi connectivity index (χ0) is 27.9. The summed E-state index contributed by atoms with van der Waals surface area (Å²) in [5.41, 5.74) is 10.0. The quantitative estimate of drug-likeness (QED) is 0.217. The van der Waals surface area contributed by atoms with E-state index in [9.17, 15) is 0 Å². The average molecular weight is 538 g/mol. The molecule has 8 aromatic rings. The molecule has 0 bridgehead atoms. The molecule has 0 amide bonds. The Kier molecular flexibility index (Phi) is 5.82. The van der Waals surface area contributed by atoms with Crippen LogP contribution in [-0.4, -0.2) is 0 Å². The molecule has 0 aliphatic rings. The largest absolute Gasteiger partial charge is 0.456 e. The second-order valence-corrected chi connectivity index (χ2v) is 10.6. The molecule has 0 radical (unpaired) electrons. The maximum atomic E-state index is 6.11. The SMILES string of the molecule is c1ccc(-c2ccc(N(c3ccccc3)c3ccc(-c4ccc5oc6ccccc6c5c4)c4ccccc34)cc2)cc1. The lowest BCUT2D eigenvalue weighted by atomic mass is 9.95. The lowest BCUT2D eigenvalue weighted by molar-refractivity contribution is 0.669. The third kappa shape index (κ3) is 4.13. The molecule has 0 unspecified atom stereocenters. The normalized spacial score (nSPS) is 11.3. The molecule has 8 rings (SSSR count). The Hall–Kier alpha value is -5.60. The van der Waals surface area contributed by atoms with Gasteiger partial charge in [-0.2, -0.15) is 0 Å². The van der Waals surface area contributed by atoms with E-state index in [1.165, 1.54) is 33.0 Å². The number of nitrogens with zero attached hydrogens (tertiary/aromatic N) is 1. The third-order valence-corrected chi connectivity index (χ3v) is 8.08. The number of fused-ring (bicyclic) bond motifs is 4. The molecule has 0 fully saturated rings. The van der Waals surface area contributed by atoms with Crippen LogP contribution in [0.1, 0.15) is 0 Å². The molecule has 0 saturated carbocycles. The monoisotopic (exact) mass is 537 g/mol. The maximum absolute atomic E-state index is 6.11. The van der Waals surface area contributed by atoms with E-state index in [4.69, 9.17) is 4.42 Å². The highest BCUT2D eigenvalue weighted by molar-refractivity contribution is 6.10. The van der Waals surface area contributed by atoms with Gasteiger partial charge in [-0.1, -0.05) is 115 Å². The molecule has 0 saturated heterocycles. The van der Waals surface area contributed by atoms with Gasteiger partial charge in [0.05, 0.1) is 5.69 Å². The molecule has 1 aromatic heterocycles. The number of hydrogen-bond acceptors (Lipinski definition) is 2. The lowest BCUT2D eigenvalue weighted by Gasteiger charge is -2.27. The summed E-state index contributed by atoms with van der Waals surface area (Å²) in [4.78, 5) is 2.35. The zero-order valence-electron chi connectivity index (χ0n) is 22.9. The van der Waals surface area contributed by atoms with Gasteiger partial charge in [0.25, 0.3) is 0 Å². The van der Waals surface area contributed by atoms with Crippen LogP contribution >= 0.6 is 0 Å². The van der Waals surface area contributed by atoms with Crippen molar-refractivity contribution in [2.45, 2.75) is 0 Å². The molecule has 0 atom stereocenters. The van der Waals surface area contributed by atoms with Gasteiger partial charge in [-0.25, -0.2) is 0 Å². The molecular formula is C40H27NO. The molecule has 0 spiro atoms. The van der Waals surface area contributed by atoms with Crippen LogP contribution in [0.4, 0.5) is 17.1 Å². The Morgan fingerprint density at radius 3 is 1.71 bits per heavy atom. The van der Waals surface area contributed by atoms with Crippen LogP contribution in [0.15, 0.2) is 168 Å². The van der Waals surface area contributed by atoms with Crippen molar-refractivity contribution in [1.82, 2.24) is 0 Å². The lowest BCUT2D eigenvalue weighted by Crippen LogP contribution is -2.10. The Labute approximate surface area is 244 Å². The van der Waals surface area contributed by atoms with Gasteiger partial charge in [-0.15, -0.1) is 0 Å². The fraction of sp³-hybridized carbons (Fsp3) is 0. The summed E-state index contributed by atoms with van der Waals surface area (Å²) < 4.78 is 6.11. The van der Waals surface area contributed by atoms with Crippen LogP contribution in [0.2, 0.25) is 0 Å². The van der Waals surface area contributed by atoms with Crippen molar-refractivity contribution in [3.05, 3.63) is 164 Å². The van der Waals surface area contributed by atoms with Crippen molar-refractivity contribution in [2.24, 2.45) is 0 Å². The van der Waals surface area contributed by atoms with Crippen molar-refractivity contribution < 1.29 is 4.42 Å². The van der Waals surface area contributed by atoms with Crippen molar-refractivity contribution in [3.8, 4) is 22.3 Å². The highest BCUT2D eigenvalue weighted by Crippen LogP contribution is 2.43. The highest BCUT2D eigenvalue weighted by atomic mass is 16.3. The summed E-state index contributed by atoms with van der Waals surface area (Å²) in [7, 11) is 0. The molecule has 0 aliphatic heterocycles. The van der Waals surface area contributed by atoms with Gasteiger partial charge in [0, 0.05) is 27.5 Å². The topological polar surface area (TPSA) is 16.4 Å². The van der Waals surface area contributed by atoms with Gasteiger partial charge in [0.15, 0.2) is 0 Å². The number of benzene rings is 7. The van der Waals surface area contributed by atoms with Crippen molar-refractivity contribution in [1.29, 1.82) is 0 Å². The first-order valence-corrected chi connectivity index (χ1v) is 14.3. The summed E-state index contributed by atoms with van der Waals surface area (Å²) in [5.74, 6) is 0. The molecule has 2 heteroatoms. The van der Waals surface area contributed by atoms with Crippen LogP contribution in [-0.2, 0) is 0 Å². The van der Waals surface area contributed by atoms with Crippen LogP contribution in [0.5, 0.6) is 0 Å². The molecule has 42 heavy (non-hydrogen) atoms. The van der Waals surface area contributed by atoms with Gasteiger partial charge in [-0.05, 0) is 76.2 Å². The van der Waals surface area contributed by atoms with Crippen molar-refractivity contribution in [3.63, 3.8) is 0 Å². The fourth-order valence-corrected chi connectivity index (χ4v) is 6.06. The first-order valence-electron chi connectivity index (χ1n) is 14.3. The van der Waals surface area contributed by atoms with Gasteiger partial charge in [0.2, 0.25) is 0 Å². The predicted molar refractivity (Wildman–Crippen MR) is 177 cm³/mol. The van der Waals surface area contributed by atoms with E-state index in [-0.39, 0.29) is 0 Å². The Morgan fingerprint density at radius 1 is 0.357 bits per heavy atom. The first-order chi connectivity index (χ1) is 20.8. The van der Waals surface area contributed by atoms with Gasteiger partial charge in [0.1, 0.15) is 11.2 Å². The Morgan fingerprint density at radius 2 is 0.929 bits per heavy atom.